The van der Waals surface area contributed by atoms with Crippen molar-refractivity contribution in [3.8, 4) is 0 Å². The Morgan fingerprint density at radius 1 is 1.03 bits per heavy atom. The molecule has 0 spiro atoms. The van der Waals surface area contributed by atoms with Crippen molar-refractivity contribution in [3.05, 3.63) is 83.4 Å². The number of fused-ring (bicyclic) bond motifs is 2. The second-order valence-corrected chi connectivity index (χ2v) is 13.3. The molecule has 0 saturated heterocycles. The smallest absolute Gasteiger partial charge is 0.260 e. The molecule has 5 rings (SSSR count). The van der Waals surface area contributed by atoms with E-state index in [0.717, 1.165) is 20.7 Å². The van der Waals surface area contributed by atoms with E-state index in [1.165, 1.54) is 33.3 Å². The molecule has 198 valence electrons. The minimum Gasteiger partial charge on any atom is -0.308 e. The number of likely N-dealkylation sites (N-methyl/N-ethyl adjacent to an activating group) is 1. The fourth-order valence-corrected chi connectivity index (χ4v) is 7.43. The van der Waals surface area contributed by atoms with Crippen LogP contribution in [0.25, 0.3) is 10.2 Å². The van der Waals surface area contributed by atoms with Gasteiger partial charge < -0.3 is 4.90 Å². The molecule has 0 fully saturated rings. The van der Waals surface area contributed by atoms with Crippen molar-refractivity contribution in [2.45, 2.75) is 22.8 Å². The standard InChI is InChI=1S/C28H30N4O3S3/c1-30(2)16-17-32(28-29-25-13-10-23(36-3)18-26(25)37-28)27(33)21-8-11-24(12-9-21)38(34,35)31-15-14-20-6-4-5-7-22(20)19-31/h4-13,18H,14-17,19H2,1-3H3. The maximum absolute atomic E-state index is 13.7. The lowest BCUT2D eigenvalue weighted by Crippen LogP contribution is -2.37. The lowest BCUT2D eigenvalue weighted by atomic mass is 10.0. The van der Waals surface area contributed by atoms with Crippen LogP contribution in [0.15, 0.2) is 76.5 Å². The third kappa shape index (κ3) is 5.50. The number of benzene rings is 3. The molecule has 0 radical (unpaired) electrons. The molecule has 10 heteroatoms. The third-order valence-electron chi connectivity index (χ3n) is 6.67. The predicted octanol–water partition coefficient (Wildman–Crippen LogP) is 4.97. The Hall–Kier alpha value is -2.76. The highest BCUT2D eigenvalue weighted by Gasteiger charge is 2.29. The zero-order chi connectivity index (χ0) is 26.9. The Morgan fingerprint density at radius 3 is 2.47 bits per heavy atom. The largest absolute Gasteiger partial charge is 0.308 e. The zero-order valence-electron chi connectivity index (χ0n) is 21.6. The number of nitrogens with zero attached hydrogens (tertiary/aromatic N) is 4. The van der Waals surface area contributed by atoms with Gasteiger partial charge in [-0.1, -0.05) is 35.6 Å². The van der Waals surface area contributed by atoms with Gasteiger partial charge in [0.05, 0.1) is 15.1 Å². The van der Waals surface area contributed by atoms with Crippen LogP contribution >= 0.6 is 23.1 Å². The van der Waals surface area contributed by atoms with Gasteiger partial charge in [0, 0.05) is 36.6 Å². The molecule has 4 aromatic rings. The van der Waals surface area contributed by atoms with Crippen molar-refractivity contribution in [1.29, 1.82) is 0 Å². The van der Waals surface area contributed by atoms with E-state index in [-0.39, 0.29) is 10.8 Å². The van der Waals surface area contributed by atoms with Crippen molar-refractivity contribution < 1.29 is 13.2 Å². The van der Waals surface area contributed by atoms with E-state index in [9.17, 15) is 13.2 Å². The van der Waals surface area contributed by atoms with Crippen LogP contribution in [0.5, 0.6) is 0 Å². The molecular weight excluding hydrogens is 537 g/mol. The first-order valence-electron chi connectivity index (χ1n) is 12.3. The lowest BCUT2D eigenvalue weighted by molar-refractivity contribution is 0.0985. The van der Waals surface area contributed by atoms with Crippen molar-refractivity contribution in [3.63, 3.8) is 0 Å². The molecule has 1 aliphatic rings. The summed E-state index contributed by atoms with van der Waals surface area (Å²) in [5, 5.41) is 0.633. The lowest BCUT2D eigenvalue weighted by Gasteiger charge is -2.28. The van der Waals surface area contributed by atoms with Crippen LogP contribution in [-0.2, 0) is 23.0 Å². The first-order chi connectivity index (χ1) is 18.3. The van der Waals surface area contributed by atoms with Crippen molar-refractivity contribution in [1.82, 2.24) is 14.2 Å². The van der Waals surface area contributed by atoms with Crippen LogP contribution in [-0.4, -0.2) is 68.5 Å². The molecule has 0 bridgehead atoms. The second-order valence-electron chi connectivity index (χ2n) is 9.47. The minimum absolute atomic E-state index is 0.192. The summed E-state index contributed by atoms with van der Waals surface area (Å²) < 4.78 is 29.3. The minimum atomic E-state index is -3.68. The fourth-order valence-electron chi connectivity index (χ4n) is 4.47. The van der Waals surface area contributed by atoms with Gasteiger partial charge in [-0.2, -0.15) is 4.31 Å². The highest BCUT2D eigenvalue weighted by molar-refractivity contribution is 7.98. The average molecular weight is 567 g/mol. The van der Waals surface area contributed by atoms with Crippen LogP contribution in [0.2, 0.25) is 0 Å². The number of carbonyl (C=O) groups is 1. The number of hydrogen-bond acceptors (Lipinski definition) is 7. The van der Waals surface area contributed by atoms with Crippen molar-refractivity contribution in [2.75, 3.05) is 44.9 Å². The number of amides is 1. The summed E-state index contributed by atoms with van der Waals surface area (Å²) in [6.45, 7) is 1.93. The van der Waals surface area contributed by atoms with E-state index in [4.69, 9.17) is 4.98 Å². The maximum atomic E-state index is 13.7. The van der Waals surface area contributed by atoms with Crippen LogP contribution in [0.4, 0.5) is 5.13 Å². The van der Waals surface area contributed by atoms with Crippen LogP contribution in [0, 0.1) is 0 Å². The molecule has 38 heavy (non-hydrogen) atoms. The molecule has 2 heterocycles. The molecule has 0 atom stereocenters. The molecule has 1 aromatic heterocycles. The normalized spacial score (nSPS) is 14.1. The van der Waals surface area contributed by atoms with E-state index in [1.807, 2.05) is 55.6 Å². The highest BCUT2D eigenvalue weighted by atomic mass is 32.2. The number of anilines is 1. The third-order valence-corrected chi connectivity index (χ3v) is 10.3. The van der Waals surface area contributed by atoms with E-state index < -0.39 is 10.0 Å². The molecule has 7 nitrogen and oxygen atoms in total. The van der Waals surface area contributed by atoms with Gasteiger partial charge in [0.2, 0.25) is 10.0 Å². The molecular formula is C28H30N4O3S3. The topological polar surface area (TPSA) is 73.8 Å². The Morgan fingerprint density at radius 2 is 1.76 bits per heavy atom. The Balaban J connectivity index is 1.40. The molecule has 1 aliphatic heterocycles. The van der Waals surface area contributed by atoms with E-state index in [0.29, 0.717) is 43.3 Å². The number of sulfonamides is 1. The van der Waals surface area contributed by atoms with Gasteiger partial charge in [0.1, 0.15) is 0 Å². The Kier molecular flexibility index (Phi) is 7.88. The van der Waals surface area contributed by atoms with Gasteiger partial charge in [0.25, 0.3) is 5.91 Å². The van der Waals surface area contributed by atoms with Gasteiger partial charge in [-0.25, -0.2) is 13.4 Å². The van der Waals surface area contributed by atoms with Crippen LogP contribution < -0.4 is 4.90 Å². The summed E-state index contributed by atoms with van der Waals surface area (Å²) in [7, 11) is 0.250. The summed E-state index contributed by atoms with van der Waals surface area (Å²) in [5.74, 6) is -0.202. The molecule has 0 saturated carbocycles. The second kappa shape index (κ2) is 11.2. The maximum Gasteiger partial charge on any atom is 0.260 e. The zero-order valence-corrected chi connectivity index (χ0v) is 24.1. The number of carbonyl (C=O) groups excluding carboxylic acids is 1. The number of thioether (sulfide) groups is 1. The summed E-state index contributed by atoms with van der Waals surface area (Å²) in [6, 6.07) is 20.3. The quantitative estimate of drug-likeness (QED) is 0.280. The van der Waals surface area contributed by atoms with Crippen LogP contribution in [0.1, 0.15) is 21.5 Å². The summed E-state index contributed by atoms with van der Waals surface area (Å²) in [4.78, 5) is 23.5. The number of hydrogen-bond donors (Lipinski definition) is 0. The molecule has 0 N–H and O–H groups in total. The molecule has 0 unspecified atom stereocenters. The fraction of sp³-hybridized carbons (Fsp3) is 0.286. The first-order valence-corrected chi connectivity index (χ1v) is 15.8. The number of rotatable bonds is 8. The van der Waals surface area contributed by atoms with Crippen molar-refractivity contribution >= 4 is 54.4 Å². The summed E-state index contributed by atoms with van der Waals surface area (Å²) in [5.41, 5.74) is 3.51. The van der Waals surface area contributed by atoms with Crippen molar-refractivity contribution in [2.24, 2.45) is 0 Å². The number of aromatic nitrogens is 1. The first kappa shape index (κ1) is 26.8. The monoisotopic (exact) mass is 566 g/mol. The summed E-state index contributed by atoms with van der Waals surface area (Å²) in [6.07, 6.45) is 2.72. The molecule has 1 amide bonds. The Labute approximate surface area is 232 Å². The molecule has 0 aliphatic carbocycles. The van der Waals surface area contributed by atoms with Gasteiger partial charge >= 0.3 is 0 Å². The van der Waals surface area contributed by atoms with Crippen LogP contribution in [0.3, 0.4) is 0 Å². The highest BCUT2D eigenvalue weighted by Crippen LogP contribution is 2.32. The number of thiazole rings is 1. The van der Waals surface area contributed by atoms with E-state index in [2.05, 4.69) is 12.1 Å². The average Bonchev–Trinajstić information content (AvgIpc) is 3.35. The van der Waals surface area contributed by atoms with Gasteiger partial charge in [0.15, 0.2) is 5.13 Å². The SMILES string of the molecule is CSc1ccc2nc(N(CCN(C)C)C(=O)c3ccc(S(=O)(=O)N4CCc5ccccc5C4)cc3)sc2c1. The van der Waals surface area contributed by atoms with E-state index in [1.54, 1.807) is 28.8 Å². The van der Waals surface area contributed by atoms with E-state index >= 15 is 0 Å². The van der Waals surface area contributed by atoms with Gasteiger partial charge in [-0.15, -0.1) is 11.8 Å². The predicted molar refractivity (Wildman–Crippen MR) is 156 cm³/mol. The van der Waals surface area contributed by atoms with Gasteiger partial charge in [-0.05, 0) is 80.4 Å². The molecule has 3 aromatic carbocycles. The summed E-state index contributed by atoms with van der Waals surface area (Å²) >= 11 is 3.16. The van der Waals surface area contributed by atoms with Gasteiger partial charge in [-0.3, -0.25) is 9.69 Å². The Bertz CT molecular complexity index is 1570.